The number of phenolic OH excluding ortho intramolecular Hbond substituents is 1. The van der Waals surface area contributed by atoms with E-state index in [4.69, 9.17) is 4.74 Å². The fraction of sp³-hybridized carbons (Fsp3) is 0.176. The zero-order valence-electron chi connectivity index (χ0n) is 12.8. The molecule has 0 aliphatic rings. The predicted molar refractivity (Wildman–Crippen MR) is 85.6 cm³/mol. The molecule has 0 aliphatic heterocycles. The SMILES string of the molecule is COc1cccc(C(=O)N/N=C/c2cc(C)c(O)c(C)c2)c1. The van der Waals surface area contributed by atoms with Gasteiger partial charge in [-0.3, -0.25) is 4.79 Å². The highest BCUT2D eigenvalue weighted by atomic mass is 16.5. The molecule has 0 saturated heterocycles. The van der Waals surface area contributed by atoms with Crippen LogP contribution in [0.3, 0.4) is 0 Å². The summed E-state index contributed by atoms with van der Waals surface area (Å²) in [5.41, 5.74) is 5.27. The van der Waals surface area contributed by atoms with Crippen LogP contribution >= 0.6 is 0 Å². The summed E-state index contributed by atoms with van der Waals surface area (Å²) in [6.07, 6.45) is 1.54. The molecule has 0 aliphatic carbocycles. The van der Waals surface area contributed by atoms with Crippen molar-refractivity contribution in [2.75, 3.05) is 7.11 Å². The lowest BCUT2D eigenvalue weighted by atomic mass is 10.1. The number of carbonyl (C=O) groups excluding carboxylic acids is 1. The molecule has 0 unspecified atom stereocenters. The van der Waals surface area contributed by atoms with Crippen molar-refractivity contribution in [3.05, 3.63) is 58.7 Å². The van der Waals surface area contributed by atoms with Gasteiger partial charge in [0.1, 0.15) is 11.5 Å². The molecule has 0 spiro atoms. The Balaban J connectivity index is 2.07. The van der Waals surface area contributed by atoms with Gasteiger partial charge in [0.15, 0.2) is 0 Å². The average molecular weight is 298 g/mol. The van der Waals surface area contributed by atoms with Gasteiger partial charge >= 0.3 is 0 Å². The molecule has 2 aromatic carbocycles. The molecule has 0 atom stereocenters. The van der Waals surface area contributed by atoms with Gasteiger partial charge < -0.3 is 9.84 Å². The normalized spacial score (nSPS) is 10.7. The van der Waals surface area contributed by atoms with E-state index in [2.05, 4.69) is 10.5 Å². The number of carbonyl (C=O) groups is 1. The van der Waals surface area contributed by atoms with Gasteiger partial charge in [0.2, 0.25) is 0 Å². The predicted octanol–water partition coefficient (Wildman–Crippen LogP) is 2.78. The van der Waals surface area contributed by atoms with Crippen LogP contribution in [0.4, 0.5) is 0 Å². The number of aromatic hydroxyl groups is 1. The van der Waals surface area contributed by atoms with Crippen molar-refractivity contribution >= 4 is 12.1 Å². The first kappa shape index (κ1) is 15.6. The second kappa shape index (κ2) is 6.76. The number of benzene rings is 2. The summed E-state index contributed by atoms with van der Waals surface area (Å²) in [6, 6.07) is 10.4. The summed E-state index contributed by atoms with van der Waals surface area (Å²) in [4.78, 5) is 12.0. The molecule has 2 aromatic rings. The van der Waals surface area contributed by atoms with Crippen LogP contribution in [-0.4, -0.2) is 24.3 Å². The van der Waals surface area contributed by atoms with Gasteiger partial charge in [0, 0.05) is 5.56 Å². The molecule has 5 heteroatoms. The molecule has 0 saturated carbocycles. The molecular weight excluding hydrogens is 280 g/mol. The summed E-state index contributed by atoms with van der Waals surface area (Å²) in [6.45, 7) is 3.63. The van der Waals surface area contributed by atoms with E-state index in [1.165, 1.54) is 6.21 Å². The lowest BCUT2D eigenvalue weighted by molar-refractivity contribution is 0.0955. The molecule has 0 fully saturated rings. The summed E-state index contributed by atoms with van der Waals surface area (Å²) >= 11 is 0. The minimum atomic E-state index is -0.317. The lowest BCUT2D eigenvalue weighted by Gasteiger charge is -2.05. The molecule has 0 heterocycles. The maximum absolute atomic E-state index is 12.0. The van der Waals surface area contributed by atoms with E-state index in [1.54, 1.807) is 43.5 Å². The minimum Gasteiger partial charge on any atom is -0.507 e. The van der Waals surface area contributed by atoms with Crippen molar-refractivity contribution in [3.63, 3.8) is 0 Å². The standard InChI is InChI=1S/C17H18N2O3/c1-11-7-13(8-12(2)16(11)20)10-18-19-17(21)14-5-4-6-15(9-14)22-3/h4-10,20H,1-3H3,(H,19,21)/b18-10+. The van der Waals surface area contributed by atoms with E-state index in [9.17, 15) is 9.90 Å². The van der Waals surface area contributed by atoms with Crippen LogP contribution in [0.1, 0.15) is 27.0 Å². The number of hydrogen-bond acceptors (Lipinski definition) is 4. The lowest BCUT2D eigenvalue weighted by Crippen LogP contribution is -2.17. The Morgan fingerprint density at radius 3 is 2.55 bits per heavy atom. The molecule has 0 aromatic heterocycles. The van der Waals surface area contributed by atoms with Gasteiger partial charge in [-0.05, 0) is 60.9 Å². The fourth-order valence-electron chi connectivity index (χ4n) is 2.06. The smallest absolute Gasteiger partial charge is 0.271 e. The van der Waals surface area contributed by atoms with Crippen LogP contribution in [-0.2, 0) is 0 Å². The first-order valence-electron chi connectivity index (χ1n) is 6.79. The molecule has 2 rings (SSSR count). The van der Waals surface area contributed by atoms with Gasteiger partial charge in [-0.15, -0.1) is 0 Å². The number of methoxy groups -OCH3 is 1. The Morgan fingerprint density at radius 1 is 1.23 bits per heavy atom. The maximum atomic E-state index is 12.0. The Labute approximate surface area is 129 Å². The topological polar surface area (TPSA) is 70.9 Å². The van der Waals surface area contributed by atoms with Crippen molar-refractivity contribution in [3.8, 4) is 11.5 Å². The van der Waals surface area contributed by atoms with Gasteiger partial charge in [-0.1, -0.05) is 6.07 Å². The second-order valence-corrected chi connectivity index (χ2v) is 4.93. The van der Waals surface area contributed by atoms with Crippen LogP contribution in [0.25, 0.3) is 0 Å². The van der Waals surface area contributed by atoms with Gasteiger partial charge in [0.05, 0.1) is 13.3 Å². The minimum absolute atomic E-state index is 0.276. The molecule has 2 N–H and O–H groups in total. The monoisotopic (exact) mass is 298 g/mol. The number of rotatable bonds is 4. The Hall–Kier alpha value is -2.82. The molecule has 114 valence electrons. The number of ether oxygens (including phenoxy) is 1. The van der Waals surface area contributed by atoms with Crippen LogP contribution < -0.4 is 10.2 Å². The number of nitrogens with one attached hydrogen (secondary N) is 1. The third-order valence-electron chi connectivity index (χ3n) is 3.23. The highest BCUT2D eigenvalue weighted by Crippen LogP contribution is 2.22. The van der Waals surface area contributed by atoms with E-state index >= 15 is 0 Å². The summed E-state index contributed by atoms with van der Waals surface area (Å²) in [5.74, 6) is 0.571. The molecule has 22 heavy (non-hydrogen) atoms. The third-order valence-corrected chi connectivity index (χ3v) is 3.23. The number of amides is 1. The van der Waals surface area contributed by atoms with E-state index < -0.39 is 0 Å². The van der Waals surface area contributed by atoms with E-state index in [-0.39, 0.29) is 11.7 Å². The van der Waals surface area contributed by atoms with Crippen LogP contribution in [0.5, 0.6) is 11.5 Å². The highest BCUT2D eigenvalue weighted by Gasteiger charge is 2.05. The number of phenols is 1. The maximum Gasteiger partial charge on any atom is 0.271 e. The quantitative estimate of drug-likeness (QED) is 0.673. The average Bonchev–Trinajstić information content (AvgIpc) is 2.52. The first-order chi connectivity index (χ1) is 10.5. The molecule has 1 amide bonds. The Morgan fingerprint density at radius 2 is 1.91 bits per heavy atom. The van der Waals surface area contributed by atoms with Crippen molar-refractivity contribution in [2.45, 2.75) is 13.8 Å². The fourth-order valence-corrected chi connectivity index (χ4v) is 2.06. The van der Waals surface area contributed by atoms with Crippen molar-refractivity contribution < 1.29 is 14.6 Å². The van der Waals surface area contributed by atoms with E-state index in [0.29, 0.717) is 11.3 Å². The second-order valence-electron chi connectivity index (χ2n) is 4.93. The van der Waals surface area contributed by atoms with Crippen molar-refractivity contribution in [1.29, 1.82) is 0 Å². The summed E-state index contributed by atoms with van der Waals surface area (Å²) in [7, 11) is 1.55. The van der Waals surface area contributed by atoms with Crippen LogP contribution in [0, 0.1) is 13.8 Å². The molecular formula is C17H18N2O3. The number of aryl methyl sites for hydroxylation is 2. The highest BCUT2D eigenvalue weighted by molar-refractivity contribution is 5.95. The number of hydrogen-bond donors (Lipinski definition) is 2. The molecule has 0 radical (unpaired) electrons. The van der Waals surface area contributed by atoms with E-state index in [1.807, 2.05) is 13.8 Å². The first-order valence-corrected chi connectivity index (χ1v) is 6.79. The number of hydrazone groups is 1. The van der Waals surface area contributed by atoms with Crippen LogP contribution in [0.15, 0.2) is 41.5 Å². The Bertz CT molecular complexity index is 701. The van der Waals surface area contributed by atoms with Gasteiger partial charge in [0.25, 0.3) is 5.91 Å². The van der Waals surface area contributed by atoms with Gasteiger partial charge in [-0.25, -0.2) is 5.43 Å². The third kappa shape index (κ3) is 3.63. The molecule has 5 nitrogen and oxygen atoms in total. The zero-order chi connectivity index (χ0) is 16.1. The van der Waals surface area contributed by atoms with Crippen molar-refractivity contribution in [2.24, 2.45) is 5.10 Å². The number of nitrogens with zero attached hydrogens (tertiary/aromatic N) is 1. The largest absolute Gasteiger partial charge is 0.507 e. The van der Waals surface area contributed by atoms with Crippen LogP contribution in [0.2, 0.25) is 0 Å². The van der Waals surface area contributed by atoms with Crippen molar-refractivity contribution in [1.82, 2.24) is 5.43 Å². The van der Waals surface area contributed by atoms with E-state index in [0.717, 1.165) is 16.7 Å². The Kier molecular flexibility index (Phi) is 4.78. The summed E-state index contributed by atoms with van der Waals surface area (Å²) in [5, 5.41) is 13.7. The van der Waals surface area contributed by atoms with Gasteiger partial charge in [-0.2, -0.15) is 5.10 Å². The summed E-state index contributed by atoms with van der Waals surface area (Å²) < 4.78 is 5.07. The molecule has 0 bridgehead atoms. The zero-order valence-corrected chi connectivity index (χ0v) is 12.8.